The van der Waals surface area contributed by atoms with E-state index >= 15 is 0 Å². The van der Waals surface area contributed by atoms with Crippen LogP contribution in [0.25, 0.3) is 11.1 Å². The van der Waals surface area contributed by atoms with E-state index < -0.39 is 5.41 Å². The summed E-state index contributed by atoms with van der Waals surface area (Å²) in [4.78, 5) is 34.2. The first-order chi connectivity index (χ1) is 16.0. The minimum Gasteiger partial charge on any atom is -0.348 e. The molecule has 0 unspecified atom stereocenters. The number of nitrogens with zero attached hydrogens (tertiary/aromatic N) is 3. The van der Waals surface area contributed by atoms with Crippen molar-refractivity contribution in [2.45, 2.75) is 57.8 Å². The summed E-state index contributed by atoms with van der Waals surface area (Å²) in [5.74, 6) is 1.18. The second-order valence-electron chi connectivity index (χ2n) is 10.2. The first kappa shape index (κ1) is 23.5. The largest absolute Gasteiger partial charge is 0.348 e. The molecule has 1 saturated carbocycles. The fraction of sp³-hybridized carbons (Fsp3) is 0.536. The van der Waals surface area contributed by atoms with Gasteiger partial charge in [-0.15, -0.1) is 0 Å². The van der Waals surface area contributed by atoms with Gasteiger partial charge in [0, 0.05) is 46.0 Å². The summed E-state index contributed by atoms with van der Waals surface area (Å²) in [6.07, 6.45) is 12.7. The Labute approximate surface area is 198 Å². The zero-order chi connectivity index (χ0) is 23.3. The van der Waals surface area contributed by atoms with Crippen molar-refractivity contribution in [1.29, 1.82) is 0 Å². The number of aromatic nitrogens is 1. The van der Waals surface area contributed by atoms with Crippen LogP contribution in [0, 0.1) is 11.3 Å². The van der Waals surface area contributed by atoms with Gasteiger partial charge in [0.1, 0.15) is 0 Å². The van der Waals surface area contributed by atoms with E-state index in [0.29, 0.717) is 25.9 Å². The molecule has 0 N–H and O–H groups in total. The highest BCUT2D eigenvalue weighted by Crippen LogP contribution is 2.38. The van der Waals surface area contributed by atoms with Gasteiger partial charge in [-0.05, 0) is 54.4 Å². The third-order valence-corrected chi connectivity index (χ3v) is 7.64. The van der Waals surface area contributed by atoms with Crippen LogP contribution in [0.3, 0.4) is 0 Å². The smallest absolute Gasteiger partial charge is 0.228 e. The predicted molar refractivity (Wildman–Crippen MR) is 132 cm³/mol. The van der Waals surface area contributed by atoms with Gasteiger partial charge < -0.3 is 9.80 Å². The number of amides is 2. The number of carbonyl (C=O) groups excluding carboxylic acids is 2. The molecular formula is C28H37N3O2. The van der Waals surface area contributed by atoms with E-state index in [0.717, 1.165) is 41.9 Å². The molecule has 0 bridgehead atoms. The first-order valence-corrected chi connectivity index (χ1v) is 12.5. The Balaban J connectivity index is 1.44. The summed E-state index contributed by atoms with van der Waals surface area (Å²) in [6, 6.07) is 12.4. The molecule has 2 aromatic rings. The molecule has 2 fully saturated rings. The molecule has 1 aliphatic heterocycles. The van der Waals surface area contributed by atoms with Gasteiger partial charge in [-0.25, -0.2) is 0 Å². The van der Waals surface area contributed by atoms with Crippen LogP contribution in [-0.4, -0.2) is 53.8 Å². The predicted octanol–water partition coefficient (Wildman–Crippen LogP) is 4.96. The summed E-state index contributed by atoms with van der Waals surface area (Å²) in [5, 5.41) is 0. The third kappa shape index (κ3) is 5.63. The first-order valence-electron chi connectivity index (χ1n) is 12.5. The number of hydrogen-bond acceptors (Lipinski definition) is 3. The maximum atomic E-state index is 13.4. The van der Waals surface area contributed by atoms with Gasteiger partial charge >= 0.3 is 0 Å². The highest BCUT2D eigenvalue weighted by molar-refractivity contribution is 5.83. The van der Waals surface area contributed by atoms with Crippen LogP contribution in [0.4, 0.5) is 0 Å². The van der Waals surface area contributed by atoms with Crippen LogP contribution in [0.2, 0.25) is 0 Å². The lowest BCUT2D eigenvalue weighted by Crippen LogP contribution is -2.51. The number of hydrogen-bond donors (Lipinski definition) is 0. The molecule has 2 heterocycles. The highest BCUT2D eigenvalue weighted by atomic mass is 16.2. The zero-order valence-corrected chi connectivity index (χ0v) is 20.1. The average molecular weight is 448 g/mol. The van der Waals surface area contributed by atoms with Crippen molar-refractivity contribution in [2.24, 2.45) is 11.3 Å². The Kier molecular flexibility index (Phi) is 7.46. The summed E-state index contributed by atoms with van der Waals surface area (Å²) >= 11 is 0. The molecule has 0 atom stereocenters. The number of carbonyl (C=O) groups is 2. The molecule has 176 valence electrons. The van der Waals surface area contributed by atoms with E-state index in [4.69, 9.17) is 0 Å². The van der Waals surface area contributed by atoms with Crippen molar-refractivity contribution in [1.82, 2.24) is 14.8 Å². The Hall–Kier alpha value is -2.69. The second kappa shape index (κ2) is 10.5. The van der Waals surface area contributed by atoms with Gasteiger partial charge in [-0.2, -0.15) is 0 Å². The molecule has 1 saturated heterocycles. The lowest BCUT2D eigenvalue weighted by Gasteiger charge is -2.42. The Bertz CT molecular complexity index is 943. The topological polar surface area (TPSA) is 53.5 Å². The number of pyridine rings is 1. The van der Waals surface area contributed by atoms with E-state index in [1.54, 1.807) is 11.1 Å². The monoisotopic (exact) mass is 447 g/mol. The Morgan fingerprint density at radius 2 is 1.79 bits per heavy atom. The Morgan fingerprint density at radius 1 is 1.06 bits per heavy atom. The van der Waals surface area contributed by atoms with E-state index in [1.165, 1.54) is 25.7 Å². The van der Waals surface area contributed by atoms with E-state index in [-0.39, 0.29) is 11.8 Å². The molecule has 4 rings (SSSR count). The van der Waals surface area contributed by atoms with E-state index in [2.05, 4.69) is 35.3 Å². The Morgan fingerprint density at radius 3 is 2.45 bits per heavy atom. The third-order valence-electron chi connectivity index (χ3n) is 7.64. The molecule has 0 spiro atoms. The molecule has 1 aromatic heterocycles. The van der Waals surface area contributed by atoms with Gasteiger partial charge in [0.15, 0.2) is 0 Å². The maximum Gasteiger partial charge on any atom is 0.228 e. The van der Waals surface area contributed by atoms with Crippen LogP contribution < -0.4 is 0 Å². The molecule has 0 radical (unpaired) electrons. The van der Waals surface area contributed by atoms with Crippen molar-refractivity contribution in [2.75, 3.05) is 27.2 Å². The number of piperidine rings is 1. The molecule has 1 aromatic carbocycles. The summed E-state index contributed by atoms with van der Waals surface area (Å²) in [5.41, 5.74) is 2.90. The van der Waals surface area contributed by atoms with Crippen LogP contribution in [0.15, 0.2) is 48.8 Å². The molecule has 5 heteroatoms. The summed E-state index contributed by atoms with van der Waals surface area (Å²) in [6.45, 7) is 1.34. The van der Waals surface area contributed by atoms with Crippen molar-refractivity contribution in [3.05, 3.63) is 54.4 Å². The van der Waals surface area contributed by atoms with Crippen molar-refractivity contribution >= 4 is 11.8 Å². The van der Waals surface area contributed by atoms with Crippen LogP contribution in [0.5, 0.6) is 0 Å². The van der Waals surface area contributed by atoms with Crippen LogP contribution >= 0.6 is 0 Å². The standard InChI is InChI=1S/C28H37N3O2/c1-30(2)27(33)28(20-23-9-5-10-24(19-23)25-11-6-16-29-21-25)14-17-31(18-15-28)26(32)13-12-22-7-3-4-8-22/h5-6,9-11,16,19,21-22H,3-4,7-8,12-15,17-18,20H2,1-2H3. The lowest BCUT2D eigenvalue weighted by molar-refractivity contribution is -0.146. The van der Waals surface area contributed by atoms with Crippen molar-refractivity contribution in [3.8, 4) is 11.1 Å². The number of likely N-dealkylation sites (tertiary alicyclic amines) is 1. The van der Waals surface area contributed by atoms with Gasteiger partial charge in [0.25, 0.3) is 0 Å². The van der Waals surface area contributed by atoms with Gasteiger partial charge in [0.2, 0.25) is 11.8 Å². The zero-order valence-electron chi connectivity index (χ0n) is 20.1. The summed E-state index contributed by atoms with van der Waals surface area (Å²) < 4.78 is 0. The fourth-order valence-electron chi connectivity index (χ4n) is 5.69. The van der Waals surface area contributed by atoms with E-state index in [1.807, 2.05) is 31.3 Å². The average Bonchev–Trinajstić information content (AvgIpc) is 3.37. The van der Waals surface area contributed by atoms with Crippen molar-refractivity contribution < 1.29 is 9.59 Å². The van der Waals surface area contributed by atoms with Crippen LogP contribution in [0.1, 0.15) is 56.9 Å². The fourth-order valence-corrected chi connectivity index (χ4v) is 5.69. The normalized spacial score (nSPS) is 18.3. The summed E-state index contributed by atoms with van der Waals surface area (Å²) in [7, 11) is 3.69. The van der Waals surface area contributed by atoms with Crippen molar-refractivity contribution in [3.63, 3.8) is 0 Å². The van der Waals surface area contributed by atoms with Gasteiger partial charge in [-0.3, -0.25) is 14.6 Å². The SMILES string of the molecule is CN(C)C(=O)C1(Cc2cccc(-c3cccnc3)c2)CCN(C(=O)CCC2CCCC2)CC1. The molecule has 2 aliphatic rings. The maximum absolute atomic E-state index is 13.4. The molecular weight excluding hydrogens is 410 g/mol. The molecule has 33 heavy (non-hydrogen) atoms. The minimum atomic E-state index is -0.459. The minimum absolute atomic E-state index is 0.173. The number of benzene rings is 1. The van der Waals surface area contributed by atoms with E-state index in [9.17, 15) is 9.59 Å². The quantitative estimate of drug-likeness (QED) is 0.603. The highest BCUT2D eigenvalue weighted by Gasteiger charge is 2.43. The molecule has 5 nitrogen and oxygen atoms in total. The van der Waals surface area contributed by atoms with Crippen LogP contribution in [-0.2, 0) is 16.0 Å². The molecule has 1 aliphatic carbocycles. The number of rotatable bonds is 7. The lowest BCUT2D eigenvalue weighted by atomic mass is 9.72. The van der Waals surface area contributed by atoms with Gasteiger partial charge in [0.05, 0.1) is 5.41 Å². The molecule has 2 amide bonds. The second-order valence-corrected chi connectivity index (χ2v) is 10.2. The van der Waals surface area contributed by atoms with Gasteiger partial charge in [-0.1, -0.05) is 56.0 Å².